The molecule has 0 unspecified atom stereocenters. The van der Waals surface area contributed by atoms with Crippen LogP contribution >= 0.6 is 11.6 Å². The number of aromatic nitrogens is 2. The van der Waals surface area contributed by atoms with Crippen LogP contribution in [0.25, 0.3) is 5.65 Å². The van der Waals surface area contributed by atoms with Gasteiger partial charge < -0.3 is 19.4 Å². The van der Waals surface area contributed by atoms with E-state index in [9.17, 15) is 9.59 Å². The molecule has 0 aromatic carbocycles. The smallest absolute Gasteiger partial charge is 0.305 e. The van der Waals surface area contributed by atoms with Crippen LogP contribution in [-0.2, 0) is 16.1 Å². The number of likely N-dealkylation sites (tertiary alicyclic amines) is 1. The molecule has 2 aromatic rings. The number of nitrogens with one attached hydrogen (secondary N) is 1. The second-order valence-electron chi connectivity index (χ2n) is 7.40. The van der Waals surface area contributed by atoms with Crippen molar-refractivity contribution < 1.29 is 14.3 Å². The zero-order valence-corrected chi connectivity index (χ0v) is 17.7. The number of imidazole rings is 1. The van der Waals surface area contributed by atoms with Crippen molar-refractivity contribution in [2.75, 3.05) is 26.7 Å². The molecule has 7 nitrogen and oxygen atoms in total. The summed E-state index contributed by atoms with van der Waals surface area (Å²) < 4.78 is 6.55. The van der Waals surface area contributed by atoms with E-state index in [4.69, 9.17) is 11.6 Å². The summed E-state index contributed by atoms with van der Waals surface area (Å²) in [6.45, 7) is 2.66. The van der Waals surface area contributed by atoms with Crippen LogP contribution < -0.4 is 5.32 Å². The third-order valence-electron chi connectivity index (χ3n) is 5.28. The first-order valence-corrected chi connectivity index (χ1v) is 10.7. The molecule has 0 atom stereocenters. The first-order valence-electron chi connectivity index (χ1n) is 10.3. The Bertz CT molecular complexity index is 844. The van der Waals surface area contributed by atoms with Gasteiger partial charge in [0.15, 0.2) is 5.69 Å². The maximum absolute atomic E-state index is 13.3. The summed E-state index contributed by atoms with van der Waals surface area (Å²) in [5.41, 5.74) is 1.98. The van der Waals surface area contributed by atoms with E-state index in [1.165, 1.54) is 26.4 Å². The van der Waals surface area contributed by atoms with Crippen LogP contribution in [0, 0.1) is 0 Å². The molecule has 0 bridgehead atoms. The second kappa shape index (κ2) is 10.6. The van der Waals surface area contributed by atoms with Crippen LogP contribution in [0.15, 0.2) is 18.3 Å². The number of methoxy groups -OCH3 is 1. The molecule has 0 radical (unpaired) electrons. The Morgan fingerprint density at radius 3 is 2.62 bits per heavy atom. The van der Waals surface area contributed by atoms with Crippen molar-refractivity contribution in [1.82, 2.24) is 19.6 Å². The van der Waals surface area contributed by atoms with Gasteiger partial charge in [0, 0.05) is 32.3 Å². The highest BCUT2D eigenvalue weighted by molar-refractivity contribution is 6.30. The zero-order chi connectivity index (χ0) is 20.6. The van der Waals surface area contributed by atoms with Crippen LogP contribution in [-0.4, -0.2) is 52.9 Å². The van der Waals surface area contributed by atoms with Gasteiger partial charge in [-0.25, -0.2) is 4.98 Å². The Kier molecular flexibility index (Phi) is 7.89. The van der Waals surface area contributed by atoms with E-state index in [0.29, 0.717) is 42.3 Å². The summed E-state index contributed by atoms with van der Waals surface area (Å²) in [7, 11) is 1.39. The lowest BCUT2D eigenvalue weighted by molar-refractivity contribution is -0.140. The van der Waals surface area contributed by atoms with Gasteiger partial charge in [-0.15, -0.1) is 0 Å². The highest BCUT2D eigenvalue weighted by atomic mass is 35.5. The van der Waals surface area contributed by atoms with E-state index in [1.54, 1.807) is 12.3 Å². The van der Waals surface area contributed by atoms with Crippen LogP contribution in [0.3, 0.4) is 0 Å². The largest absolute Gasteiger partial charge is 0.469 e. The maximum atomic E-state index is 13.3. The molecule has 1 fully saturated rings. The van der Waals surface area contributed by atoms with E-state index in [2.05, 4.69) is 15.0 Å². The quantitative estimate of drug-likeness (QED) is 0.548. The second-order valence-corrected chi connectivity index (χ2v) is 7.84. The molecule has 1 N–H and O–H groups in total. The van der Waals surface area contributed by atoms with Gasteiger partial charge in [0.1, 0.15) is 5.65 Å². The molecule has 1 saturated heterocycles. The number of esters is 1. The number of rotatable bonds is 7. The van der Waals surface area contributed by atoms with Crippen molar-refractivity contribution in [1.29, 1.82) is 0 Å². The lowest BCUT2D eigenvalue weighted by Crippen LogP contribution is -2.35. The molecule has 29 heavy (non-hydrogen) atoms. The van der Waals surface area contributed by atoms with Gasteiger partial charge in [-0.2, -0.15) is 0 Å². The molecule has 1 aliphatic rings. The van der Waals surface area contributed by atoms with Gasteiger partial charge in [0.2, 0.25) is 0 Å². The molecule has 1 aliphatic heterocycles. The summed E-state index contributed by atoms with van der Waals surface area (Å²) >= 11 is 6.19. The number of carbonyl (C=O) groups is 2. The summed E-state index contributed by atoms with van der Waals surface area (Å²) in [6, 6.07) is 3.61. The minimum absolute atomic E-state index is 0.0157. The molecule has 3 heterocycles. The van der Waals surface area contributed by atoms with Crippen molar-refractivity contribution in [3.8, 4) is 0 Å². The normalized spacial score (nSPS) is 15.2. The lowest BCUT2D eigenvalue weighted by Gasteiger charge is -2.24. The van der Waals surface area contributed by atoms with Crippen molar-refractivity contribution in [2.24, 2.45) is 0 Å². The van der Waals surface area contributed by atoms with Gasteiger partial charge in [0.05, 0.1) is 17.8 Å². The number of ether oxygens (including phenoxy) is 1. The number of amides is 1. The van der Waals surface area contributed by atoms with Gasteiger partial charge in [0.25, 0.3) is 5.91 Å². The summed E-state index contributed by atoms with van der Waals surface area (Å²) in [6.07, 6.45) is 8.47. The Morgan fingerprint density at radius 1 is 1.17 bits per heavy atom. The third-order valence-corrected chi connectivity index (χ3v) is 5.51. The molecule has 2 aromatic heterocycles. The van der Waals surface area contributed by atoms with Crippen molar-refractivity contribution >= 4 is 29.1 Å². The SMILES string of the molecule is COC(=O)CCCNCc1c(C(=O)N2CCCCCCC2)nc2ccc(Cl)cn12. The number of hydrogen-bond acceptors (Lipinski definition) is 5. The molecule has 3 rings (SSSR count). The first kappa shape index (κ1) is 21.6. The molecular weight excluding hydrogens is 392 g/mol. The van der Waals surface area contributed by atoms with Crippen LogP contribution in [0.1, 0.15) is 61.1 Å². The van der Waals surface area contributed by atoms with E-state index in [0.717, 1.165) is 31.6 Å². The standard InChI is InChI=1S/C21H29ClN4O3/c1-29-19(27)8-7-11-23-14-17-20(24-18-10-9-16(22)15-26(17)18)21(28)25-12-5-3-2-4-6-13-25/h9-10,15,23H,2-8,11-14H2,1H3. The molecule has 1 amide bonds. The number of hydrogen-bond donors (Lipinski definition) is 1. The Balaban J connectivity index is 1.77. The first-order chi connectivity index (χ1) is 14.1. The predicted molar refractivity (Wildman–Crippen MR) is 112 cm³/mol. The Hall–Kier alpha value is -2.12. The average molecular weight is 421 g/mol. The molecule has 0 aliphatic carbocycles. The highest BCUT2D eigenvalue weighted by Gasteiger charge is 2.24. The molecule has 0 spiro atoms. The van der Waals surface area contributed by atoms with Crippen molar-refractivity contribution in [3.05, 3.63) is 34.7 Å². The number of carbonyl (C=O) groups excluding carboxylic acids is 2. The zero-order valence-electron chi connectivity index (χ0n) is 17.0. The van der Waals surface area contributed by atoms with Crippen LogP contribution in [0.4, 0.5) is 0 Å². The predicted octanol–water partition coefficient (Wildman–Crippen LogP) is 3.44. The van der Waals surface area contributed by atoms with E-state index in [1.807, 2.05) is 15.4 Å². The van der Waals surface area contributed by atoms with Gasteiger partial charge >= 0.3 is 5.97 Å². The number of nitrogens with zero attached hydrogens (tertiary/aromatic N) is 3. The summed E-state index contributed by atoms with van der Waals surface area (Å²) in [4.78, 5) is 31.1. The molecule has 158 valence electrons. The average Bonchev–Trinajstić information content (AvgIpc) is 3.04. The number of fused-ring (bicyclic) bond motifs is 1. The fourth-order valence-corrected chi connectivity index (χ4v) is 3.84. The summed E-state index contributed by atoms with van der Waals surface area (Å²) in [5.74, 6) is -0.237. The number of halogens is 1. The minimum atomic E-state index is -0.221. The van der Waals surface area contributed by atoms with E-state index >= 15 is 0 Å². The van der Waals surface area contributed by atoms with Crippen LogP contribution in [0.2, 0.25) is 5.02 Å². The maximum Gasteiger partial charge on any atom is 0.305 e. The summed E-state index contributed by atoms with van der Waals surface area (Å²) in [5, 5.41) is 3.91. The minimum Gasteiger partial charge on any atom is -0.469 e. The lowest BCUT2D eigenvalue weighted by atomic mass is 10.1. The van der Waals surface area contributed by atoms with Gasteiger partial charge in [-0.05, 0) is 37.9 Å². The number of pyridine rings is 1. The molecule has 0 saturated carbocycles. The van der Waals surface area contributed by atoms with Gasteiger partial charge in [-0.3, -0.25) is 9.59 Å². The van der Waals surface area contributed by atoms with E-state index < -0.39 is 0 Å². The fraction of sp³-hybridized carbons (Fsp3) is 0.571. The third kappa shape index (κ3) is 5.70. The Labute approximate surface area is 176 Å². The van der Waals surface area contributed by atoms with Gasteiger partial charge in [-0.1, -0.05) is 30.9 Å². The fourth-order valence-electron chi connectivity index (χ4n) is 3.67. The topological polar surface area (TPSA) is 75.9 Å². The highest BCUT2D eigenvalue weighted by Crippen LogP contribution is 2.20. The van der Waals surface area contributed by atoms with Crippen molar-refractivity contribution in [3.63, 3.8) is 0 Å². The van der Waals surface area contributed by atoms with Crippen molar-refractivity contribution in [2.45, 2.75) is 51.5 Å². The molecular formula is C21H29ClN4O3. The molecule has 8 heteroatoms. The monoisotopic (exact) mass is 420 g/mol. The van der Waals surface area contributed by atoms with Crippen LogP contribution in [0.5, 0.6) is 0 Å². The Morgan fingerprint density at radius 2 is 1.90 bits per heavy atom. The van der Waals surface area contributed by atoms with E-state index in [-0.39, 0.29) is 11.9 Å².